The minimum Gasteiger partial charge on any atom is -0.497 e. The summed E-state index contributed by atoms with van der Waals surface area (Å²) in [5.74, 6) is 2.47. The van der Waals surface area contributed by atoms with Gasteiger partial charge in [-0.1, -0.05) is 56.5 Å². The molecule has 1 aliphatic carbocycles. The highest BCUT2D eigenvalue weighted by Gasteiger charge is 2.25. The van der Waals surface area contributed by atoms with Crippen molar-refractivity contribution in [2.24, 2.45) is 5.92 Å². The third-order valence-corrected chi connectivity index (χ3v) is 7.71. The van der Waals surface area contributed by atoms with E-state index in [0.29, 0.717) is 29.6 Å². The number of benzene rings is 2. The Morgan fingerprint density at radius 3 is 2.54 bits per heavy atom. The largest absolute Gasteiger partial charge is 0.497 e. The number of methoxy groups -OCH3 is 1. The molecule has 5 nitrogen and oxygen atoms in total. The molecule has 3 rings (SSSR count). The van der Waals surface area contributed by atoms with E-state index >= 15 is 0 Å². The summed E-state index contributed by atoms with van der Waals surface area (Å²) in [5, 5.41) is 3.28. The minimum atomic E-state index is -0.103. The van der Waals surface area contributed by atoms with Gasteiger partial charge in [0.15, 0.2) is 0 Å². The Bertz CT molecular complexity index is 1090. The zero-order chi connectivity index (χ0) is 28.0. The molecule has 1 aliphatic rings. The second kappa shape index (κ2) is 16.0. The van der Waals surface area contributed by atoms with E-state index in [1.807, 2.05) is 30.3 Å². The first-order valence-corrected chi connectivity index (χ1v) is 14.6. The Morgan fingerprint density at radius 2 is 1.82 bits per heavy atom. The lowest BCUT2D eigenvalue weighted by molar-refractivity contribution is 0.0918. The van der Waals surface area contributed by atoms with Gasteiger partial charge in [0.25, 0.3) is 5.91 Å². The monoisotopic (exact) mass is 533 g/mol. The third kappa shape index (κ3) is 9.49. The average molecular weight is 534 g/mol. The van der Waals surface area contributed by atoms with Crippen LogP contribution in [-0.4, -0.2) is 32.3 Å². The van der Waals surface area contributed by atoms with Crippen molar-refractivity contribution in [2.75, 3.05) is 20.3 Å². The van der Waals surface area contributed by atoms with Crippen molar-refractivity contribution in [1.82, 2.24) is 5.32 Å². The first-order valence-electron chi connectivity index (χ1n) is 14.6. The summed E-state index contributed by atoms with van der Waals surface area (Å²) in [6.45, 7) is 11.7. The van der Waals surface area contributed by atoms with Gasteiger partial charge in [-0.05, 0) is 94.2 Å². The topological polar surface area (TPSA) is 56.8 Å². The van der Waals surface area contributed by atoms with Crippen LogP contribution in [0.25, 0.3) is 5.76 Å². The van der Waals surface area contributed by atoms with Crippen LogP contribution in [0.4, 0.5) is 0 Å². The number of unbranched alkanes of at least 4 members (excludes halogenated alkanes) is 2. The van der Waals surface area contributed by atoms with Gasteiger partial charge in [-0.2, -0.15) is 0 Å². The lowest BCUT2D eigenvalue weighted by atomic mass is 9.81. The summed E-state index contributed by atoms with van der Waals surface area (Å²) in [5.41, 5.74) is 3.96. The Labute approximate surface area is 235 Å². The number of aryl methyl sites for hydroxylation is 1. The molecule has 1 saturated carbocycles. The molecule has 0 bridgehead atoms. The fourth-order valence-electron chi connectivity index (χ4n) is 5.11. The molecule has 0 saturated heterocycles. The van der Waals surface area contributed by atoms with Crippen LogP contribution in [0.15, 0.2) is 60.7 Å². The normalized spacial score (nSPS) is 17.4. The maximum absolute atomic E-state index is 13.5. The summed E-state index contributed by atoms with van der Waals surface area (Å²) in [4.78, 5) is 13.5. The standard InChI is InChI=1S/C34H47NO4/c1-6-8-9-21-38-31-18-15-27(16-19-31)12-11-22-39-33-20-17-29(26(4)37-5)24-32(33)34(36)35-30-14-10-13-28(23-30)25(3)7-2/h7,15-20,24,28,30H,4,6,8-14,21-23H2,1-3,5H3,(H,35,36)/b25-7+. The summed E-state index contributed by atoms with van der Waals surface area (Å²) in [6, 6.07) is 14.0. The van der Waals surface area contributed by atoms with Crippen LogP contribution in [0.1, 0.15) is 93.6 Å². The molecule has 1 amide bonds. The number of carbonyl (C=O) groups excluding carboxylic acids is 1. The molecule has 2 aromatic carbocycles. The Balaban J connectivity index is 1.58. The Kier molecular flexibility index (Phi) is 12.5. The summed E-state index contributed by atoms with van der Waals surface area (Å²) >= 11 is 0. The third-order valence-electron chi connectivity index (χ3n) is 7.71. The van der Waals surface area contributed by atoms with Gasteiger partial charge in [0.1, 0.15) is 17.3 Å². The van der Waals surface area contributed by atoms with Crippen molar-refractivity contribution < 1.29 is 19.0 Å². The van der Waals surface area contributed by atoms with E-state index < -0.39 is 0 Å². The Hall–Kier alpha value is -3.21. The van der Waals surface area contributed by atoms with Gasteiger partial charge in [0.2, 0.25) is 0 Å². The maximum atomic E-state index is 13.5. The highest BCUT2D eigenvalue weighted by Crippen LogP contribution is 2.31. The number of carbonyl (C=O) groups is 1. The van der Waals surface area contributed by atoms with Crippen LogP contribution in [-0.2, 0) is 11.2 Å². The molecule has 0 aliphatic heterocycles. The van der Waals surface area contributed by atoms with Crippen LogP contribution in [0.5, 0.6) is 11.5 Å². The van der Waals surface area contributed by atoms with Gasteiger partial charge in [0.05, 0.1) is 25.9 Å². The molecule has 0 aromatic heterocycles. The number of rotatable bonds is 15. The van der Waals surface area contributed by atoms with Crippen LogP contribution in [0, 0.1) is 5.92 Å². The van der Waals surface area contributed by atoms with Crippen molar-refractivity contribution in [1.29, 1.82) is 0 Å². The number of hydrogen-bond donors (Lipinski definition) is 1. The number of hydrogen-bond acceptors (Lipinski definition) is 4. The van der Waals surface area contributed by atoms with Crippen LogP contribution in [0.2, 0.25) is 0 Å². The molecular formula is C34H47NO4. The van der Waals surface area contributed by atoms with E-state index in [9.17, 15) is 4.79 Å². The molecule has 212 valence electrons. The molecule has 2 atom stereocenters. The lowest BCUT2D eigenvalue weighted by Crippen LogP contribution is -2.38. The van der Waals surface area contributed by atoms with E-state index in [0.717, 1.165) is 56.4 Å². The van der Waals surface area contributed by atoms with Gasteiger partial charge >= 0.3 is 0 Å². The molecule has 39 heavy (non-hydrogen) atoms. The number of ether oxygens (including phenoxy) is 3. The first kappa shape index (κ1) is 30.3. The van der Waals surface area contributed by atoms with Crippen molar-refractivity contribution in [3.8, 4) is 11.5 Å². The molecule has 2 aromatic rings. The Morgan fingerprint density at radius 1 is 1.05 bits per heavy atom. The molecule has 1 N–H and O–H groups in total. The lowest BCUT2D eigenvalue weighted by Gasteiger charge is -2.30. The number of nitrogens with one attached hydrogen (secondary N) is 1. The second-order valence-corrected chi connectivity index (χ2v) is 10.6. The summed E-state index contributed by atoms with van der Waals surface area (Å²) in [7, 11) is 1.59. The fraction of sp³-hybridized carbons (Fsp3) is 0.500. The van der Waals surface area contributed by atoms with Gasteiger partial charge in [-0.25, -0.2) is 0 Å². The second-order valence-electron chi connectivity index (χ2n) is 10.6. The van der Waals surface area contributed by atoms with E-state index in [1.54, 1.807) is 7.11 Å². The van der Waals surface area contributed by atoms with Crippen LogP contribution in [0.3, 0.4) is 0 Å². The highest BCUT2D eigenvalue weighted by atomic mass is 16.5. The molecule has 0 radical (unpaired) electrons. The van der Waals surface area contributed by atoms with Crippen LogP contribution >= 0.6 is 0 Å². The van der Waals surface area contributed by atoms with Gasteiger partial charge in [-0.3, -0.25) is 4.79 Å². The predicted octanol–water partition coefficient (Wildman–Crippen LogP) is 8.14. The number of amides is 1. The zero-order valence-electron chi connectivity index (χ0n) is 24.4. The average Bonchev–Trinajstić information content (AvgIpc) is 2.97. The van der Waals surface area contributed by atoms with E-state index in [1.165, 1.54) is 30.4 Å². The van der Waals surface area contributed by atoms with Crippen molar-refractivity contribution in [3.63, 3.8) is 0 Å². The highest BCUT2D eigenvalue weighted by molar-refractivity contribution is 5.98. The summed E-state index contributed by atoms with van der Waals surface area (Å²) < 4.78 is 17.3. The zero-order valence-corrected chi connectivity index (χ0v) is 24.4. The minimum absolute atomic E-state index is 0.103. The smallest absolute Gasteiger partial charge is 0.255 e. The van der Waals surface area contributed by atoms with Crippen molar-refractivity contribution in [3.05, 3.63) is 77.4 Å². The van der Waals surface area contributed by atoms with Crippen LogP contribution < -0.4 is 14.8 Å². The molecule has 2 unspecified atom stereocenters. The van der Waals surface area contributed by atoms with Gasteiger partial charge < -0.3 is 19.5 Å². The molecule has 1 fully saturated rings. The van der Waals surface area contributed by atoms with E-state index in [4.69, 9.17) is 14.2 Å². The van der Waals surface area contributed by atoms with Gasteiger partial charge in [0, 0.05) is 11.6 Å². The van der Waals surface area contributed by atoms with Crippen molar-refractivity contribution in [2.45, 2.75) is 84.6 Å². The molecule has 5 heteroatoms. The predicted molar refractivity (Wildman–Crippen MR) is 160 cm³/mol. The quantitative estimate of drug-likeness (QED) is 0.143. The fourth-order valence-corrected chi connectivity index (χ4v) is 5.11. The maximum Gasteiger partial charge on any atom is 0.255 e. The SMILES string of the molecule is C=C(OC)c1ccc(OCCCc2ccc(OCCCCC)cc2)c(C(=O)NC2CCCC(/C(C)=C/C)C2)c1. The van der Waals surface area contributed by atoms with Gasteiger partial charge in [-0.15, -0.1) is 0 Å². The molecular weight excluding hydrogens is 486 g/mol. The number of allylic oxidation sites excluding steroid dienone is 2. The molecule has 0 heterocycles. The first-order chi connectivity index (χ1) is 18.9. The van der Waals surface area contributed by atoms with Crippen molar-refractivity contribution >= 4 is 11.7 Å². The van der Waals surface area contributed by atoms with E-state index in [2.05, 4.69) is 50.9 Å². The van der Waals surface area contributed by atoms with E-state index in [-0.39, 0.29) is 11.9 Å². The summed E-state index contributed by atoms with van der Waals surface area (Å²) in [6.07, 6.45) is 11.7. The molecule has 0 spiro atoms.